The van der Waals surface area contributed by atoms with Crippen molar-refractivity contribution in [1.29, 1.82) is 0 Å². The van der Waals surface area contributed by atoms with Gasteiger partial charge in [-0.2, -0.15) is 0 Å². The number of nitrogens with one attached hydrogen (secondary N) is 2. The van der Waals surface area contributed by atoms with Gasteiger partial charge in [0, 0.05) is 24.6 Å². The second-order valence-corrected chi connectivity index (χ2v) is 4.86. The molecule has 0 saturated heterocycles. The van der Waals surface area contributed by atoms with E-state index in [4.69, 9.17) is 0 Å². The van der Waals surface area contributed by atoms with Gasteiger partial charge in [0.05, 0.1) is 11.0 Å². The van der Waals surface area contributed by atoms with E-state index in [1.807, 2.05) is 0 Å². The van der Waals surface area contributed by atoms with Crippen molar-refractivity contribution in [3.05, 3.63) is 50.4 Å². The summed E-state index contributed by atoms with van der Waals surface area (Å²) in [5.41, 5.74) is -0.138. The molecule has 1 atom stereocenters. The monoisotopic (exact) mass is 317 g/mol. The number of carbonyl (C=O) groups excluding carboxylic acids is 1. The Labute approximate surface area is 130 Å². The summed E-state index contributed by atoms with van der Waals surface area (Å²) < 4.78 is 0. The molecule has 0 saturated carbocycles. The number of rotatable bonds is 5. The van der Waals surface area contributed by atoms with Crippen LogP contribution in [0.3, 0.4) is 0 Å². The van der Waals surface area contributed by atoms with E-state index in [0.29, 0.717) is 12.0 Å². The Hall–Kier alpha value is -3.10. The molecule has 0 fully saturated rings. The van der Waals surface area contributed by atoms with Crippen molar-refractivity contribution in [3.8, 4) is 11.4 Å². The van der Waals surface area contributed by atoms with Gasteiger partial charge in [0.1, 0.15) is 0 Å². The van der Waals surface area contributed by atoms with Gasteiger partial charge >= 0.3 is 0 Å². The third-order valence-corrected chi connectivity index (χ3v) is 3.17. The number of benzene rings is 1. The summed E-state index contributed by atoms with van der Waals surface area (Å²) in [4.78, 5) is 36.1. The van der Waals surface area contributed by atoms with Crippen LogP contribution in [0, 0.1) is 10.1 Å². The highest BCUT2D eigenvalue weighted by molar-refractivity contribution is 5.73. The Kier molecular flexibility index (Phi) is 4.79. The van der Waals surface area contributed by atoms with Crippen molar-refractivity contribution >= 4 is 11.6 Å². The molecule has 0 aliphatic rings. The molecule has 120 valence electrons. The molecule has 9 nitrogen and oxygen atoms in total. The maximum atomic E-state index is 12.2. The van der Waals surface area contributed by atoms with Gasteiger partial charge in [-0.1, -0.05) is 19.1 Å². The lowest BCUT2D eigenvalue weighted by molar-refractivity contribution is -0.384. The first-order valence-electron chi connectivity index (χ1n) is 6.91. The summed E-state index contributed by atoms with van der Waals surface area (Å²) in [6.07, 6.45) is 0.480. The first kappa shape index (κ1) is 16.3. The molecule has 1 amide bonds. The largest absolute Gasteiger partial charge is 0.348 e. The molecular formula is C14H15N5O4. The van der Waals surface area contributed by atoms with Crippen LogP contribution in [0.25, 0.3) is 11.4 Å². The first-order valence-corrected chi connectivity index (χ1v) is 6.91. The molecule has 0 radical (unpaired) electrons. The maximum absolute atomic E-state index is 12.2. The van der Waals surface area contributed by atoms with Crippen molar-refractivity contribution in [2.45, 2.75) is 26.3 Å². The molecule has 2 N–H and O–H groups in total. The van der Waals surface area contributed by atoms with Crippen LogP contribution >= 0.6 is 0 Å². The Morgan fingerprint density at radius 2 is 2.17 bits per heavy atom. The number of carbonyl (C=O) groups is 1. The molecule has 2 aromatic rings. The predicted molar refractivity (Wildman–Crippen MR) is 81.6 cm³/mol. The molecule has 9 heteroatoms. The average Bonchev–Trinajstić information content (AvgIpc) is 2.52. The third kappa shape index (κ3) is 3.76. The molecule has 1 aromatic heterocycles. The lowest BCUT2D eigenvalue weighted by atomic mass is 10.1. The zero-order valence-corrected chi connectivity index (χ0v) is 12.6. The summed E-state index contributed by atoms with van der Waals surface area (Å²) in [6, 6.07) is 5.17. The Bertz CT molecular complexity index is 802. The number of H-pyrrole nitrogens is 1. The fourth-order valence-electron chi connectivity index (χ4n) is 2.08. The van der Waals surface area contributed by atoms with Crippen molar-refractivity contribution < 1.29 is 9.72 Å². The minimum absolute atomic E-state index is 0.0943. The van der Waals surface area contributed by atoms with Gasteiger partial charge in [0.15, 0.2) is 11.5 Å². The topological polar surface area (TPSA) is 131 Å². The summed E-state index contributed by atoms with van der Waals surface area (Å²) >= 11 is 0. The Morgan fingerprint density at radius 1 is 1.43 bits per heavy atom. The molecule has 1 aromatic carbocycles. The molecule has 0 aliphatic carbocycles. The van der Waals surface area contributed by atoms with Crippen LogP contribution in [0.2, 0.25) is 0 Å². The van der Waals surface area contributed by atoms with Gasteiger partial charge < -0.3 is 10.3 Å². The van der Waals surface area contributed by atoms with Crippen LogP contribution < -0.4 is 10.9 Å². The lowest BCUT2D eigenvalue weighted by Crippen LogP contribution is -2.32. The standard InChI is InChI=1S/C14H15N5O4/c1-3-11(15-8(2)20)12-14(21)16-13(18-17-12)9-5-4-6-10(7-9)19(22)23/h4-7,11H,3H2,1-2H3,(H,15,20)(H,16,18,21)/t11-/m0/s1. The molecule has 0 aliphatic heterocycles. The fourth-order valence-corrected chi connectivity index (χ4v) is 2.08. The lowest BCUT2D eigenvalue weighted by Gasteiger charge is -2.13. The number of aromatic nitrogens is 3. The van der Waals surface area contributed by atoms with E-state index >= 15 is 0 Å². The van der Waals surface area contributed by atoms with Crippen molar-refractivity contribution in [3.63, 3.8) is 0 Å². The van der Waals surface area contributed by atoms with Crippen LogP contribution in [0.1, 0.15) is 32.0 Å². The van der Waals surface area contributed by atoms with Gasteiger partial charge in [0.25, 0.3) is 11.2 Å². The number of nitrogens with zero attached hydrogens (tertiary/aromatic N) is 3. The molecule has 0 bridgehead atoms. The van der Waals surface area contributed by atoms with Crippen LogP contribution in [0.15, 0.2) is 29.1 Å². The van der Waals surface area contributed by atoms with Gasteiger partial charge in [-0.15, -0.1) is 10.2 Å². The highest BCUT2D eigenvalue weighted by Crippen LogP contribution is 2.20. The second-order valence-electron chi connectivity index (χ2n) is 4.86. The summed E-state index contributed by atoms with van der Waals surface area (Å²) in [5.74, 6) is -0.152. The molecule has 0 unspecified atom stereocenters. The molecule has 2 rings (SSSR count). The first-order chi connectivity index (χ1) is 10.9. The third-order valence-electron chi connectivity index (χ3n) is 3.17. The van der Waals surface area contributed by atoms with E-state index in [1.165, 1.54) is 25.1 Å². The SMILES string of the molecule is CC[C@H](NC(C)=O)c1nnc(-c2cccc([N+](=O)[O-])c2)[nH]c1=O. The van der Waals surface area contributed by atoms with Crippen LogP contribution in [-0.2, 0) is 4.79 Å². The summed E-state index contributed by atoms with van der Waals surface area (Å²) in [6.45, 7) is 3.15. The fraction of sp³-hybridized carbons (Fsp3) is 0.286. The zero-order valence-electron chi connectivity index (χ0n) is 12.6. The van der Waals surface area contributed by atoms with Gasteiger partial charge in [-0.3, -0.25) is 19.7 Å². The number of nitro groups is 1. The minimum atomic E-state index is -0.539. The van der Waals surface area contributed by atoms with Crippen LogP contribution in [0.5, 0.6) is 0 Å². The zero-order chi connectivity index (χ0) is 17.0. The van der Waals surface area contributed by atoms with Gasteiger partial charge in [0.2, 0.25) is 5.91 Å². The van der Waals surface area contributed by atoms with Crippen LogP contribution in [-0.4, -0.2) is 26.0 Å². The van der Waals surface area contributed by atoms with Gasteiger partial charge in [-0.25, -0.2) is 0 Å². The summed E-state index contributed by atoms with van der Waals surface area (Å²) in [7, 11) is 0. The molecular weight excluding hydrogens is 302 g/mol. The van der Waals surface area contributed by atoms with E-state index in [9.17, 15) is 19.7 Å². The molecule has 23 heavy (non-hydrogen) atoms. The van der Waals surface area contributed by atoms with Crippen molar-refractivity contribution in [2.24, 2.45) is 0 Å². The maximum Gasteiger partial charge on any atom is 0.275 e. The average molecular weight is 317 g/mol. The number of non-ortho nitro benzene ring substituents is 1. The van der Waals surface area contributed by atoms with Crippen LogP contribution in [0.4, 0.5) is 5.69 Å². The van der Waals surface area contributed by atoms with Crippen molar-refractivity contribution in [2.75, 3.05) is 0 Å². The highest BCUT2D eigenvalue weighted by Gasteiger charge is 2.18. The van der Waals surface area contributed by atoms with E-state index in [1.54, 1.807) is 13.0 Å². The summed E-state index contributed by atoms with van der Waals surface area (Å²) in [5, 5.41) is 21.2. The predicted octanol–water partition coefficient (Wildman–Crippen LogP) is 1.33. The van der Waals surface area contributed by atoms with E-state index < -0.39 is 16.5 Å². The number of nitro benzene ring substituents is 1. The minimum Gasteiger partial charge on any atom is -0.348 e. The number of amides is 1. The highest BCUT2D eigenvalue weighted by atomic mass is 16.6. The molecule has 1 heterocycles. The number of aromatic amines is 1. The van der Waals surface area contributed by atoms with E-state index in [0.717, 1.165) is 0 Å². The van der Waals surface area contributed by atoms with E-state index in [-0.39, 0.29) is 23.1 Å². The van der Waals surface area contributed by atoms with E-state index in [2.05, 4.69) is 20.5 Å². The Balaban J connectivity index is 2.39. The quantitative estimate of drug-likeness (QED) is 0.631. The second kappa shape index (κ2) is 6.77. The Morgan fingerprint density at radius 3 is 2.74 bits per heavy atom. The number of hydrogen-bond acceptors (Lipinski definition) is 6. The number of hydrogen-bond donors (Lipinski definition) is 2. The van der Waals surface area contributed by atoms with Gasteiger partial charge in [-0.05, 0) is 6.42 Å². The normalized spacial score (nSPS) is 11.7. The molecule has 0 spiro atoms. The van der Waals surface area contributed by atoms with Crippen molar-refractivity contribution in [1.82, 2.24) is 20.5 Å². The smallest absolute Gasteiger partial charge is 0.275 e.